The van der Waals surface area contributed by atoms with E-state index in [0.717, 1.165) is 36.5 Å². The molecule has 0 aromatic heterocycles. The van der Waals surface area contributed by atoms with Crippen LogP contribution in [0.1, 0.15) is 31.4 Å². The van der Waals surface area contributed by atoms with Crippen molar-refractivity contribution < 1.29 is 4.74 Å². The third-order valence-corrected chi connectivity index (χ3v) is 3.83. The normalized spacial score (nSPS) is 16.9. The average Bonchev–Trinajstić information content (AvgIpc) is 2.43. The van der Waals surface area contributed by atoms with Crippen LogP contribution in [0.3, 0.4) is 0 Å². The summed E-state index contributed by atoms with van der Waals surface area (Å²) < 4.78 is 5.68. The number of rotatable bonds is 5. The molecule has 0 amide bonds. The molecule has 1 aliphatic rings. The molecule has 2 rings (SSSR count). The van der Waals surface area contributed by atoms with Gasteiger partial charge in [0.05, 0.1) is 6.61 Å². The molecule has 1 heterocycles. The lowest BCUT2D eigenvalue weighted by molar-refractivity contribution is 0.168. The van der Waals surface area contributed by atoms with Crippen LogP contribution < -0.4 is 11.3 Å². The Labute approximate surface area is 113 Å². The summed E-state index contributed by atoms with van der Waals surface area (Å²) in [7, 11) is 0. The van der Waals surface area contributed by atoms with E-state index in [-0.39, 0.29) is 6.04 Å². The van der Waals surface area contributed by atoms with Crippen LogP contribution >= 0.6 is 11.8 Å². The van der Waals surface area contributed by atoms with E-state index in [1.807, 2.05) is 11.8 Å². The lowest BCUT2D eigenvalue weighted by Crippen LogP contribution is -2.31. The maximum Gasteiger partial charge on any atom is 0.115 e. The zero-order valence-corrected chi connectivity index (χ0v) is 11.5. The van der Waals surface area contributed by atoms with Crippen molar-refractivity contribution in [3.63, 3.8) is 0 Å². The van der Waals surface area contributed by atoms with Crippen molar-refractivity contribution in [2.75, 3.05) is 12.4 Å². The molecular weight excluding hydrogens is 244 g/mol. The van der Waals surface area contributed by atoms with Gasteiger partial charge < -0.3 is 4.74 Å². The van der Waals surface area contributed by atoms with E-state index in [4.69, 9.17) is 10.6 Å². The van der Waals surface area contributed by atoms with Gasteiger partial charge in [-0.15, -0.1) is 11.8 Å². The van der Waals surface area contributed by atoms with E-state index in [0.29, 0.717) is 0 Å². The third kappa shape index (κ3) is 3.28. The van der Waals surface area contributed by atoms with Crippen molar-refractivity contribution in [2.24, 2.45) is 5.84 Å². The van der Waals surface area contributed by atoms with Crippen molar-refractivity contribution in [1.82, 2.24) is 5.43 Å². The highest BCUT2D eigenvalue weighted by Crippen LogP contribution is 2.27. The third-order valence-electron chi connectivity index (χ3n) is 2.94. The van der Waals surface area contributed by atoms with Crippen LogP contribution in [0, 0.1) is 0 Å². The molecule has 0 bridgehead atoms. The van der Waals surface area contributed by atoms with Gasteiger partial charge in [0.25, 0.3) is 0 Å². The molecule has 4 heteroatoms. The molecule has 98 valence electrons. The molecule has 1 unspecified atom stereocenters. The quantitative estimate of drug-likeness (QED) is 0.487. The minimum Gasteiger partial charge on any atom is -0.496 e. The van der Waals surface area contributed by atoms with Gasteiger partial charge in [-0.25, -0.2) is 5.43 Å². The molecule has 0 radical (unpaired) electrons. The molecular formula is C14H20N2OS. The number of nitrogens with two attached hydrogens (primary N) is 1. The molecule has 1 aromatic rings. The average molecular weight is 264 g/mol. The van der Waals surface area contributed by atoms with Crippen LogP contribution in [0.5, 0.6) is 0 Å². The fourth-order valence-electron chi connectivity index (χ4n) is 2.04. The lowest BCUT2D eigenvalue weighted by atomic mass is 10.0. The minimum atomic E-state index is -0.0361. The van der Waals surface area contributed by atoms with Crippen LogP contribution in [0.2, 0.25) is 0 Å². The van der Waals surface area contributed by atoms with E-state index in [2.05, 4.69) is 42.7 Å². The first-order valence-corrected chi connectivity index (χ1v) is 7.35. The van der Waals surface area contributed by atoms with Gasteiger partial charge in [0, 0.05) is 4.90 Å². The van der Waals surface area contributed by atoms with Gasteiger partial charge in [0.2, 0.25) is 0 Å². The predicted molar refractivity (Wildman–Crippen MR) is 76.2 cm³/mol. The Bertz CT molecular complexity index is 403. The molecule has 1 atom stereocenters. The summed E-state index contributed by atoms with van der Waals surface area (Å²) >= 11 is 1.84. The molecule has 3 nitrogen and oxygen atoms in total. The van der Waals surface area contributed by atoms with Crippen molar-refractivity contribution in [3.8, 4) is 0 Å². The second-order valence-electron chi connectivity index (χ2n) is 4.20. The first-order valence-electron chi connectivity index (χ1n) is 6.37. The number of thioether (sulfide) groups is 1. The summed E-state index contributed by atoms with van der Waals surface area (Å²) in [5.74, 6) is 7.69. The molecule has 0 saturated heterocycles. The van der Waals surface area contributed by atoms with E-state index in [9.17, 15) is 0 Å². The first-order chi connectivity index (χ1) is 8.85. The Morgan fingerprint density at radius 2 is 2.17 bits per heavy atom. The number of hydrazine groups is 1. The lowest BCUT2D eigenvalue weighted by Gasteiger charge is -2.23. The van der Waals surface area contributed by atoms with Crippen LogP contribution in [-0.4, -0.2) is 12.4 Å². The molecule has 0 spiro atoms. The molecule has 1 aromatic carbocycles. The Morgan fingerprint density at radius 1 is 1.39 bits per heavy atom. The Hall–Kier alpha value is -0.970. The first kappa shape index (κ1) is 13.5. The monoisotopic (exact) mass is 264 g/mol. The minimum absolute atomic E-state index is 0.0361. The van der Waals surface area contributed by atoms with Gasteiger partial charge in [-0.1, -0.05) is 19.1 Å². The molecule has 0 aliphatic carbocycles. The van der Waals surface area contributed by atoms with Gasteiger partial charge in [0.15, 0.2) is 0 Å². The summed E-state index contributed by atoms with van der Waals surface area (Å²) in [6.07, 6.45) is 4.28. The van der Waals surface area contributed by atoms with Crippen LogP contribution in [0.25, 0.3) is 0 Å². The molecule has 18 heavy (non-hydrogen) atoms. The predicted octanol–water partition coefficient (Wildman–Crippen LogP) is 3.00. The molecule has 3 N–H and O–H groups in total. The van der Waals surface area contributed by atoms with Crippen molar-refractivity contribution in [1.29, 1.82) is 0 Å². The topological polar surface area (TPSA) is 47.3 Å². The second-order valence-corrected chi connectivity index (χ2v) is 5.54. The van der Waals surface area contributed by atoms with Crippen molar-refractivity contribution in [2.45, 2.75) is 30.7 Å². The van der Waals surface area contributed by atoms with Crippen molar-refractivity contribution in [3.05, 3.63) is 41.7 Å². The van der Waals surface area contributed by atoms with Gasteiger partial charge >= 0.3 is 0 Å². The van der Waals surface area contributed by atoms with Crippen LogP contribution in [-0.2, 0) is 4.74 Å². The fourth-order valence-corrected chi connectivity index (χ4v) is 2.71. The van der Waals surface area contributed by atoms with Gasteiger partial charge in [-0.3, -0.25) is 5.84 Å². The van der Waals surface area contributed by atoms with Crippen molar-refractivity contribution >= 4 is 11.8 Å². The van der Waals surface area contributed by atoms with E-state index < -0.39 is 0 Å². The van der Waals surface area contributed by atoms with Gasteiger partial charge in [-0.2, -0.15) is 0 Å². The fraction of sp³-hybridized carbons (Fsp3) is 0.429. The maximum absolute atomic E-state index is 5.68. The highest BCUT2D eigenvalue weighted by Gasteiger charge is 2.18. The number of allylic oxidation sites excluding steroid dienone is 1. The van der Waals surface area contributed by atoms with Gasteiger partial charge in [0.1, 0.15) is 11.8 Å². The maximum atomic E-state index is 5.68. The second kappa shape index (κ2) is 6.83. The van der Waals surface area contributed by atoms with Gasteiger partial charge in [-0.05, 0) is 42.4 Å². The largest absolute Gasteiger partial charge is 0.496 e. The smallest absolute Gasteiger partial charge is 0.115 e. The van der Waals surface area contributed by atoms with E-state index in [1.165, 1.54) is 4.90 Å². The van der Waals surface area contributed by atoms with E-state index >= 15 is 0 Å². The zero-order valence-electron chi connectivity index (χ0n) is 10.7. The summed E-state index contributed by atoms with van der Waals surface area (Å²) in [6.45, 7) is 2.94. The SMILES string of the molecule is CCSc1ccc(C(NN)C2=CCCCO2)cc1. The summed E-state index contributed by atoms with van der Waals surface area (Å²) in [6, 6.07) is 8.46. The number of hydrogen-bond donors (Lipinski definition) is 2. The molecule has 0 fully saturated rings. The number of hydrogen-bond acceptors (Lipinski definition) is 4. The molecule has 1 aliphatic heterocycles. The summed E-state index contributed by atoms with van der Waals surface area (Å²) in [4.78, 5) is 1.29. The van der Waals surface area contributed by atoms with Crippen LogP contribution in [0.4, 0.5) is 0 Å². The number of nitrogens with one attached hydrogen (secondary N) is 1. The summed E-state index contributed by atoms with van der Waals surface area (Å²) in [5, 5.41) is 0. The number of benzene rings is 1. The highest BCUT2D eigenvalue weighted by molar-refractivity contribution is 7.99. The Kier molecular flexibility index (Phi) is 5.11. The Balaban J connectivity index is 2.14. The zero-order chi connectivity index (χ0) is 12.8. The molecule has 0 saturated carbocycles. The van der Waals surface area contributed by atoms with E-state index in [1.54, 1.807) is 0 Å². The Morgan fingerprint density at radius 3 is 2.72 bits per heavy atom. The standard InChI is InChI=1S/C14H20N2OS/c1-2-18-12-8-6-11(7-9-12)14(16-15)13-5-3-4-10-17-13/h5-9,14,16H,2-4,10,15H2,1H3. The summed E-state index contributed by atoms with van der Waals surface area (Å²) in [5.41, 5.74) is 3.98. The highest BCUT2D eigenvalue weighted by atomic mass is 32.2. The van der Waals surface area contributed by atoms with Crippen LogP contribution in [0.15, 0.2) is 41.0 Å². The number of ether oxygens (including phenoxy) is 1.